The predicted molar refractivity (Wildman–Crippen MR) is 71.1 cm³/mol. The van der Waals surface area contributed by atoms with Gasteiger partial charge in [0, 0.05) is 26.4 Å². The summed E-state index contributed by atoms with van der Waals surface area (Å²) in [6.45, 7) is 2.31. The van der Waals surface area contributed by atoms with Gasteiger partial charge in [-0.3, -0.25) is 0 Å². The molecule has 0 atom stereocenters. The van der Waals surface area contributed by atoms with Crippen LogP contribution in [0.5, 0.6) is 0 Å². The number of anilines is 1. The number of hydrogen-bond acceptors (Lipinski definition) is 4. The molecule has 0 radical (unpaired) electrons. The molecule has 0 amide bonds. The summed E-state index contributed by atoms with van der Waals surface area (Å²) >= 11 is 0. The second-order valence-corrected chi connectivity index (χ2v) is 4.32. The second kappa shape index (κ2) is 8.03. The van der Waals surface area contributed by atoms with E-state index in [-0.39, 0.29) is 0 Å². The lowest BCUT2D eigenvalue weighted by Crippen LogP contribution is -2.19. The van der Waals surface area contributed by atoms with Gasteiger partial charge in [0.1, 0.15) is 5.82 Å². The van der Waals surface area contributed by atoms with Crippen LogP contribution in [-0.4, -0.2) is 42.2 Å². The van der Waals surface area contributed by atoms with E-state index in [4.69, 9.17) is 5.11 Å². The maximum absolute atomic E-state index is 8.70. The largest absolute Gasteiger partial charge is 0.396 e. The first kappa shape index (κ1) is 13.9. The highest BCUT2D eigenvalue weighted by molar-refractivity contribution is 5.36. The number of pyridine rings is 1. The molecule has 96 valence electrons. The van der Waals surface area contributed by atoms with E-state index in [2.05, 4.69) is 28.3 Å². The Balaban J connectivity index is 2.31. The van der Waals surface area contributed by atoms with Gasteiger partial charge in [0.05, 0.1) is 0 Å². The van der Waals surface area contributed by atoms with Crippen LogP contribution in [0.2, 0.25) is 0 Å². The third-order valence-electron chi connectivity index (χ3n) is 2.73. The molecule has 0 fully saturated rings. The van der Waals surface area contributed by atoms with Crippen LogP contribution in [0.4, 0.5) is 5.82 Å². The molecule has 4 heteroatoms. The summed E-state index contributed by atoms with van der Waals surface area (Å²) in [4.78, 5) is 6.49. The van der Waals surface area contributed by atoms with E-state index < -0.39 is 0 Å². The Labute approximate surface area is 104 Å². The highest BCUT2D eigenvalue weighted by Crippen LogP contribution is 2.08. The maximum atomic E-state index is 8.70. The van der Waals surface area contributed by atoms with Crippen molar-refractivity contribution in [1.82, 2.24) is 9.88 Å². The van der Waals surface area contributed by atoms with Crippen molar-refractivity contribution in [3.05, 3.63) is 23.9 Å². The molecule has 1 aromatic heterocycles. The van der Waals surface area contributed by atoms with Crippen molar-refractivity contribution >= 4 is 5.82 Å². The maximum Gasteiger partial charge on any atom is 0.125 e. The van der Waals surface area contributed by atoms with Crippen molar-refractivity contribution in [1.29, 1.82) is 0 Å². The quantitative estimate of drug-likeness (QED) is 0.676. The van der Waals surface area contributed by atoms with Gasteiger partial charge in [0.2, 0.25) is 0 Å². The van der Waals surface area contributed by atoms with Crippen LogP contribution >= 0.6 is 0 Å². The van der Waals surface area contributed by atoms with Gasteiger partial charge in [0.25, 0.3) is 0 Å². The fraction of sp³-hybridized carbons (Fsp3) is 0.615. The number of unbranched alkanes of at least 4 members (excludes halogenated alkanes) is 2. The molecular formula is C13H23N3O. The van der Waals surface area contributed by atoms with E-state index in [9.17, 15) is 0 Å². The third-order valence-corrected chi connectivity index (χ3v) is 2.73. The van der Waals surface area contributed by atoms with Crippen LogP contribution in [0.25, 0.3) is 0 Å². The molecule has 0 aliphatic rings. The third kappa shape index (κ3) is 5.65. The molecule has 2 N–H and O–H groups in total. The van der Waals surface area contributed by atoms with Gasteiger partial charge in [-0.2, -0.15) is 0 Å². The molecule has 0 aromatic carbocycles. The summed E-state index contributed by atoms with van der Waals surface area (Å²) in [6.07, 6.45) is 4.98. The molecule has 1 rings (SSSR count). The Morgan fingerprint density at radius 1 is 1.35 bits per heavy atom. The highest BCUT2D eigenvalue weighted by atomic mass is 16.2. The molecule has 0 spiro atoms. The highest BCUT2D eigenvalue weighted by Gasteiger charge is 2.01. The van der Waals surface area contributed by atoms with Gasteiger partial charge in [0.15, 0.2) is 0 Å². The van der Waals surface area contributed by atoms with Crippen LogP contribution in [0.3, 0.4) is 0 Å². The average Bonchev–Trinajstić information content (AvgIpc) is 2.35. The molecule has 17 heavy (non-hydrogen) atoms. The summed E-state index contributed by atoms with van der Waals surface area (Å²) < 4.78 is 0. The van der Waals surface area contributed by atoms with Gasteiger partial charge in [-0.25, -0.2) is 4.98 Å². The van der Waals surface area contributed by atoms with E-state index in [0.717, 1.165) is 38.2 Å². The number of aliphatic hydroxyl groups is 1. The summed E-state index contributed by atoms with van der Waals surface area (Å²) in [5, 5.41) is 11.7. The van der Waals surface area contributed by atoms with Crippen molar-refractivity contribution < 1.29 is 5.11 Å². The number of aliphatic hydroxyl groups excluding tert-OH is 1. The molecule has 1 heterocycles. The predicted octanol–water partition coefficient (Wildman–Crippen LogP) is 1.72. The van der Waals surface area contributed by atoms with Gasteiger partial charge >= 0.3 is 0 Å². The smallest absolute Gasteiger partial charge is 0.125 e. The first-order valence-electron chi connectivity index (χ1n) is 6.18. The average molecular weight is 237 g/mol. The molecule has 0 saturated carbocycles. The number of nitrogens with one attached hydrogen (secondary N) is 1. The minimum Gasteiger partial charge on any atom is -0.396 e. The Kier molecular flexibility index (Phi) is 6.58. The summed E-state index contributed by atoms with van der Waals surface area (Å²) in [5.74, 6) is 0.913. The second-order valence-electron chi connectivity index (χ2n) is 4.32. The lowest BCUT2D eigenvalue weighted by atomic mass is 10.2. The monoisotopic (exact) mass is 237 g/mol. The fourth-order valence-electron chi connectivity index (χ4n) is 1.77. The zero-order valence-corrected chi connectivity index (χ0v) is 10.8. The van der Waals surface area contributed by atoms with Gasteiger partial charge in [-0.15, -0.1) is 0 Å². The Morgan fingerprint density at radius 3 is 2.88 bits per heavy atom. The van der Waals surface area contributed by atoms with Crippen molar-refractivity contribution in [2.45, 2.75) is 25.8 Å². The Hall–Kier alpha value is -1.13. The molecule has 0 aliphatic carbocycles. The standard InChI is InChI=1S/C13H23N3O/c1-14-13-10-12(6-7-15-13)11-16(2)8-4-3-5-9-17/h6-7,10,17H,3-5,8-9,11H2,1-2H3,(H,14,15). The Bertz CT molecular complexity index is 317. The normalized spacial score (nSPS) is 10.8. The first-order valence-corrected chi connectivity index (χ1v) is 6.18. The van der Waals surface area contributed by atoms with Crippen LogP contribution in [0, 0.1) is 0 Å². The number of aromatic nitrogens is 1. The number of rotatable bonds is 8. The molecule has 0 aliphatic heterocycles. The SMILES string of the molecule is CNc1cc(CN(C)CCCCCO)ccn1. The molecule has 0 saturated heterocycles. The van der Waals surface area contributed by atoms with Gasteiger partial charge in [-0.1, -0.05) is 0 Å². The van der Waals surface area contributed by atoms with Gasteiger partial charge in [-0.05, 0) is 50.6 Å². The zero-order valence-electron chi connectivity index (χ0n) is 10.8. The van der Waals surface area contributed by atoms with Crippen LogP contribution < -0.4 is 5.32 Å². The van der Waals surface area contributed by atoms with Crippen molar-refractivity contribution in [2.75, 3.05) is 32.6 Å². The van der Waals surface area contributed by atoms with E-state index >= 15 is 0 Å². The van der Waals surface area contributed by atoms with E-state index in [1.54, 1.807) is 0 Å². The lowest BCUT2D eigenvalue weighted by molar-refractivity contribution is 0.271. The summed E-state index contributed by atoms with van der Waals surface area (Å²) in [7, 11) is 4.00. The first-order chi connectivity index (χ1) is 8.26. The van der Waals surface area contributed by atoms with E-state index in [1.165, 1.54) is 5.56 Å². The number of hydrogen-bond donors (Lipinski definition) is 2. The molecule has 0 bridgehead atoms. The van der Waals surface area contributed by atoms with Crippen LogP contribution in [0.15, 0.2) is 18.3 Å². The Morgan fingerprint density at radius 2 is 2.18 bits per heavy atom. The topological polar surface area (TPSA) is 48.4 Å². The lowest BCUT2D eigenvalue weighted by Gasteiger charge is -2.16. The fourth-order valence-corrected chi connectivity index (χ4v) is 1.77. The van der Waals surface area contributed by atoms with E-state index in [0.29, 0.717) is 6.61 Å². The minimum absolute atomic E-state index is 0.305. The molecule has 0 unspecified atom stereocenters. The van der Waals surface area contributed by atoms with Crippen molar-refractivity contribution in [3.8, 4) is 0 Å². The summed E-state index contributed by atoms with van der Waals surface area (Å²) in [6, 6.07) is 4.12. The minimum atomic E-state index is 0.305. The molecular weight excluding hydrogens is 214 g/mol. The van der Waals surface area contributed by atoms with Crippen molar-refractivity contribution in [3.63, 3.8) is 0 Å². The number of nitrogens with zero attached hydrogens (tertiary/aromatic N) is 2. The van der Waals surface area contributed by atoms with Crippen LogP contribution in [-0.2, 0) is 6.54 Å². The zero-order chi connectivity index (χ0) is 12.5. The van der Waals surface area contributed by atoms with Gasteiger partial charge < -0.3 is 15.3 Å². The molecule has 1 aromatic rings. The molecule has 4 nitrogen and oxygen atoms in total. The van der Waals surface area contributed by atoms with E-state index in [1.807, 2.05) is 19.3 Å². The summed E-state index contributed by atoms with van der Waals surface area (Å²) in [5.41, 5.74) is 1.27. The van der Waals surface area contributed by atoms with Crippen LogP contribution in [0.1, 0.15) is 24.8 Å². The van der Waals surface area contributed by atoms with Crippen molar-refractivity contribution in [2.24, 2.45) is 0 Å².